The quantitative estimate of drug-likeness (QED) is 0.166. The smallest absolute Gasteiger partial charge is 0.306 e. The lowest BCUT2D eigenvalue weighted by Gasteiger charge is -2.38. The molecule has 1 aliphatic heterocycles. The van der Waals surface area contributed by atoms with E-state index in [1.165, 1.54) is 20.3 Å². The van der Waals surface area contributed by atoms with Crippen molar-refractivity contribution in [1.29, 1.82) is 0 Å². The number of hydrogen-bond acceptors (Lipinski definition) is 12. The number of nitrogens with one attached hydrogen (secondary N) is 1. The molecular formula is C39H40N2O11. The van der Waals surface area contributed by atoms with Crippen molar-refractivity contribution in [2.45, 2.75) is 31.3 Å². The number of hydrogen-bond donors (Lipinski definition) is 2. The van der Waals surface area contributed by atoms with Gasteiger partial charge in [0.2, 0.25) is 16.9 Å². The third-order valence-corrected chi connectivity index (χ3v) is 9.41. The number of H-pyrrole nitrogens is 1. The maximum absolute atomic E-state index is 13.4. The third-order valence-electron chi connectivity index (χ3n) is 9.41. The Labute approximate surface area is 299 Å². The molecule has 1 aliphatic rings. The average Bonchev–Trinajstić information content (AvgIpc) is 3.16. The van der Waals surface area contributed by atoms with Gasteiger partial charge < -0.3 is 42.9 Å². The molecule has 52 heavy (non-hydrogen) atoms. The Bertz CT molecular complexity index is 2220. The van der Waals surface area contributed by atoms with Gasteiger partial charge in [-0.3, -0.25) is 19.3 Å². The molecule has 0 bridgehead atoms. The molecule has 5 aromatic rings. The summed E-state index contributed by atoms with van der Waals surface area (Å²) in [6.45, 7) is 0.607. The van der Waals surface area contributed by atoms with Crippen molar-refractivity contribution in [2.75, 3.05) is 49.2 Å². The van der Waals surface area contributed by atoms with E-state index >= 15 is 0 Å². The first-order valence-electron chi connectivity index (χ1n) is 16.5. The molecule has 0 fully saturated rings. The number of ether oxygens (including phenoxy) is 6. The van der Waals surface area contributed by atoms with Gasteiger partial charge in [0.05, 0.1) is 67.6 Å². The summed E-state index contributed by atoms with van der Waals surface area (Å²) in [7, 11) is 8.98. The van der Waals surface area contributed by atoms with E-state index in [1.807, 2.05) is 30.3 Å². The number of carbonyl (C=O) groups excluding carboxylic acids is 1. The number of carbonyl (C=O) groups is 1. The maximum Gasteiger partial charge on any atom is 0.306 e. The van der Waals surface area contributed by atoms with E-state index < -0.39 is 34.7 Å². The molecule has 272 valence electrons. The van der Waals surface area contributed by atoms with Gasteiger partial charge >= 0.3 is 5.97 Å². The van der Waals surface area contributed by atoms with E-state index in [0.29, 0.717) is 52.6 Å². The summed E-state index contributed by atoms with van der Waals surface area (Å²) >= 11 is 0. The first-order valence-corrected chi connectivity index (χ1v) is 16.5. The molecule has 0 spiro atoms. The molecule has 0 amide bonds. The highest BCUT2D eigenvalue weighted by molar-refractivity contribution is 5.79. The topological polar surface area (TPSA) is 159 Å². The molecular weight excluding hydrogens is 672 g/mol. The fourth-order valence-corrected chi connectivity index (χ4v) is 6.90. The predicted molar refractivity (Wildman–Crippen MR) is 191 cm³/mol. The highest BCUT2D eigenvalue weighted by atomic mass is 16.5. The molecule has 0 saturated carbocycles. The van der Waals surface area contributed by atoms with Gasteiger partial charge in [-0.05, 0) is 64.9 Å². The van der Waals surface area contributed by atoms with Crippen molar-refractivity contribution in [3.05, 3.63) is 115 Å². The third kappa shape index (κ3) is 6.74. The fourth-order valence-electron chi connectivity index (χ4n) is 6.90. The van der Waals surface area contributed by atoms with Crippen LogP contribution in [-0.4, -0.2) is 70.2 Å². The number of aromatic nitrogens is 1. The molecule has 0 unspecified atom stereocenters. The number of pyridine rings is 1. The summed E-state index contributed by atoms with van der Waals surface area (Å²) < 4.78 is 39.6. The summed E-state index contributed by atoms with van der Waals surface area (Å²) in [5.41, 5.74) is 2.21. The minimum absolute atomic E-state index is 0.0939. The number of esters is 1. The highest BCUT2D eigenvalue weighted by Crippen LogP contribution is 2.46. The van der Waals surface area contributed by atoms with Crippen LogP contribution in [0.5, 0.6) is 34.5 Å². The molecule has 0 radical (unpaired) electrons. The minimum Gasteiger partial charge on any atom is -0.502 e. The van der Waals surface area contributed by atoms with Crippen molar-refractivity contribution in [2.24, 2.45) is 0 Å². The van der Waals surface area contributed by atoms with Crippen LogP contribution in [0.25, 0.3) is 10.9 Å². The molecule has 0 saturated heterocycles. The van der Waals surface area contributed by atoms with E-state index in [4.69, 9.17) is 32.8 Å². The lowest BCUT2D eigenvalue weighted by atomic mass is 9.87. The summed E-state index contributed by atoms with van der Waals surface area (Å²) in [5.74, 6) is -0.0672. The first-order chi connectivity index (χ1) is 25.1. The first kappa shape index (κ1) is 35.9. The second-order valence-electron chi connectivity index (χ2n) is 12.3. The second-order valence-corrected chi connectivity index (χ2v) is 12.3. The van der Waals surface area contributed by atoms with Gasteiger partial charge in [0.15, 0.2) is 28.8 Å². The summed E-state index contributed by atoms with van der Waals surface area (Å²) in [6, 6.07) is 17.1. The molecule has 13 heteroatoms. The van der Waals surface area contributed by atoms with Crippen LogP contribution in [0.4, 0.5) is 0 Å². The average molecular weight is 713 g/mol. The van der Waals surface area contributed by atoms with Crippen LogP contribution in [0.2, 0.25) is 0 Å². The molecule has 0 aliphatic carbocycles. The molecule has 6 rings (SSSR count). The van der Waals surface area contributed by atoms with E-state index in [9.17, 15) is 19.5 Å². The van der Waals surface area contributed by atoms with Crippen LogP contribution in [0, 0.1) is 0 Å². The molecule has 2 atom stereocenters. The van der Waals surface area contributed by atoms with Crippen LogP contribution in [0.3, 0.4) is 0 Å². The Balaban J connectivity index is 1.50. The number of benzene rings is 3. The molecule has 3 heterocycles. The second kappa shape index (κ2) is 15.1. The van der Waals surface area contributed by atoms with Crippen LogP contribution in [0.15, 0.2) is 74.7 Å². The van der Waals surface area contributed by atoms with Gasteiger partial charge in [-0.25, -0.2) is 0 Å². The standard InChI is InChI=1S/C39H40N2O11/c1-46-30-14-21-11-12-41(35(25(21)18-31(30)47-2)23-15-32(48-3)38(51-6)33(16-23)49-4)20-24-17-29(42)36(44)37(52-24)26(19-34(43)50-5)27-13-22-9-7-8-10-28(22)40-39(27)45/h7-10,13-18,26,35,44H,11-12,19-20H2,1-6H3,(H,40,45)/t26-,35+/m1/s1. The lowest BCUT2D eigenvalue weighted by molar-refractivity contribution is -0.140. The number of rotatable bonds is 12. The Morgan fingerprint density at radius 1 is 0.885 bits per heavy atom. The Morgan fingerprint density at radius 2 is 1.56 bits per heavy atom. The number of fused-ring (bicyclic) bond motifs is 2. The van der Waals surface area contributed by atoms with Crippen molar-refractivity contribution in [3.63, 3.8) is 0 Å². The summed E-state index contributed by atoms with van der Waals surface area (Å²) in [6.07, 6.45) is 0.244. The fraction of sp³-hybridized carbons (Fsp3) is 0.308. The predicted octanol–water partition coefficient (Wildman–Crippen LogP) is 5.07. The summed E-state index contributed by atoms with van der Waals surface area (Å²) in [4.78, 5) is 44.5. The van der Waals surface area contributed by atoms with E-state index in [-0.39, 0.29) is 30.0 Å². The Morgan fingerprint density at radius 3 is 2.21 bits per heavy atom. The number of aromatic amines is 1. The largest absolute Gasteiger partial charge is 0.502 e. The van der Waals surface area contributed by atoms with Crippen molar-refractivity contribution < 1.29 is 42.7 Å². The van der Waals surface area contributed by atoms with Gasteiger partial charge in [0.1, 0.15) is 5.76 Å². The maximum atomic E-state index is 13.4. The number of methoxy groups -OCH3 is 6. The summed E-state index contributed by atoms with van der Waals surface area (Å²) in [5, 5.41) is 11.8. The van der Waals surface area contributed by atoms with Gasteiger partial charge in [-0.2, -0.15) is 0 Å². The van der Waals surface area contributed by atoms with Crippen molar-refractivity contribution in [1.82, 2.24) is 9.88 Å². The molecule has 3 aromatic carbocycles. The van der Waals surface area contributed by atoms with Crippen molar-refractivity contribution in [3.8, 4) is 34.5 Å². The zero-order valence-electron chi connectivity index (χ0n) is 29.7. The van der Waals surface area contributed by atoms with E-state index in [1.54, 1.807) is 52.7 Å². The number of nitrogens with zero attached hydrogens (tertiary/aromatic N) is 1. The molecule has 13 nitrogen and oxygen atoms in total. The zero-order chi connectivity index (χ0) is 37.1. The zero-order valence-corrected chi connectivity index (χ0v) is 29.7. The van der Waals surface area contributed by atoms with E-state index in [0.717, 1.165) is 16.7 Å². The minimum atomic E-state index is -1.14. The number of aromatic hydroxyl groups is 1. The van der Waals surface area contributed by atoms with Crippen LogP contribution < -0.4 is 34.7 Å². The lowest BCUT2D eigenvalue weighted by Crippen LogP contribution is -2.36. The molecule has 2 N–H and O–H groups in total. The van der Waals surface area contributed by atoms with Gasteiger partial charge in [0, 0.05) is 23.7 Å². The Hall–Kier alpha value is -5.95. The van der Waals surface area contributed by atoms with E-state index in [2.05, 4.69) is 9.88 Å². The van der Waals surface area contributed by atoms with Crippen LogP contribution in [-0.2, 0) is 22.5 Å². The van der Waals surface area contributed by atoms with Gasteiger partial charge in [-0.15, -0.1) is 0 Å². The Kier molecular flexibility index (Phi) is 10.4. The number of para-hydroxylation sites is 1. The van der Waals surface area contributed by atoms with Crippen molar-refractivity contribution >= 4 is 16.9 Å². The van der Waals surface area contributed by atoms with Gasteiger partial charge in [-0.1, -0.05) is 18.2 Å². The van der Waals surface area contributed by atoms with Crippen LogP contribution in [0.1, 0.15) is 52.2 Å². The molecule has 2 aromatic heterocycles. The van der Waals surface area contributed by atoms with Crippen LogP contribution >= 0.6 is 0 Å². The SMILES string of the molecule is COC(=O)C[C@@H](c1oc(CN2CCc3cc(OC)c(OC)cc3[C@@H]2c2cc(OC)c(OC)c(OC)c2)cc(=O)c1O)c1cc2ccccc2[nH]c1=O. The normalized spacial score (nSPS) is 14.7. The van der Waals surface area contributed by atoms with Gasteiger partial charge in [0.25, 0.3) is 5.56 Å². The monoisotopic (exact) mass is 712 g/mol. The highest BCUT2D eigenvalue weighted by Gasteiger charge is 2.34.